The van der Waals surface area contributed by atoms with Crippen molar-refractivity contribution in [2.75, 3.05) is 0 Å². The highest BCUT2D eigenvalue weighted by Gasteiger charge is 2.27. The van der Waals surface area contributed by atoms with Crippen molar-refractivity contribution in [3.63, 3.8) is 0 Å². The Kier molecular flexibility index (Phi) is 9.78. The molecular formula is C22H33N3O8. The minimum Gasteiger partial charge on any atom is -0.459 e. The summed E-state index contributed by atoms with van der Waals surface area (Å²) in [6.07, 6.45) is -0.186. The van der Waals surface area contributed by atoms with Gasteiger partial charge in [0.2, 0.25) is 0 Å². The van der Waals surface area contributed by atoms with E-state index in [2.05, 4.69) is 5.32 Å². The molecule has 1 rings (SSSR count). The number of ether oxygens (including phenoxy) is 3. The smallest absolute Gasteiger partial charge is 0.408 e. The molecule has 11 nitrogen and oxygen atoms in total. The lowest BCUT2D eigenvalue weighted by Crippen LogP contribution is -2.45. The third-order valence-electron chi connectivity index (χ3n) is 3.96. The van der Waals surface area contributed by atoms with Crippen molar-refractivity contribution < 1.29 is 33.5 Å². The number of nitrogens with one attached hydrogen (secondary N) is 1. The third kappa shape index (κ3) is 11.3. The number of carbonyl (C=O) groups is 3. The molecule has 33 heavy (non-hydrogen) atoms. The molecular weight excluding hydrogens is 434 g/mol. The fourth-order valence-corrected chi connectivity index (χ4v) is 2.56. The van der Waals surface area contributed by atoms with Crippen LogP contribution in [0.2, 0.25) is 0 Å². The largest absolute Gasteiger partial charge is 0.459 e. The highest BCUT2D eigenvalue weighted by Crippen LogP contribution is 2.19. The van der Waals surface area contributed by atoms with Crippen LogP contribution in [0.5, 0.6) is 5.75 Å². The number of non-ortho nitro benzene ring substituents is 1. The van der Waals surface area contributed by atoms with Crippen LogP contribution in [-0.2, 0) is 19.1 Å². The van der Waals surface area contributed by atoms with Crippen LogP contribution in [0.1, 0.15) is 60.8 Å². The molecule has 0 spiro atoms. The predicted molar refractivity (Wildman–Crippen MR) is 120 cm³/mol. The number of carbonyl (C=O) groups excluding carboxylic acids is 3. The molecule has 0 aliphatic rings. The first-order valence-corrected chi connectivity index (χ1v) is 10.5. The zero-order chi connectivity index (χ0) is 25.4. The maximum atomic E-state index is 12.7. The average Bonchev–Trinajstić information content (AvgIpc) is 2.64. The summed E-state index contributed by atoms with van der Waals surface area (Å²) < 4.78 is 15.7. The highest BCUT2D eigenvalue weighted by atomic mass is 16.6. The Bertz CT molecular complexity index is 841. The van der Waals surface area contributed by atoms with Crippen LogP contribution >= 0.6 is 0 Å². The Hall–Kier alpha value is -3.21. The molecule has 184 valence electrons. The number of nitrogens with zero attached hydrogens (tertiary/aromatic N) is 1. The highest BCUT2D eigenvalue weighted by molar-refractivity contribution is 5.83. The lowest BCUT2D eigenvalue weighted by atomic mass is 10.1. The van der Waals surface area contributed by atoms with Crippen LogP contribution in [-0.4, -0.2) is 46.2 Å². The molecule has 0 heterocycles. The molecule has 0 saturated carbocycles. The minimum absolute atomic E-state index is 0.0760. The number of amides is 1. The van der Waals surface area contributed by atoms with Crippen molar-refractivity contribution in [2.45, 2.75) is 84.1 Å². The van der Waals surface area contributed by atoms with Gasteiger partial charge in [-0.1, -0.05) is 0 Å². The van der Waals surface area contributed by atoms with Crippen LogP contribution in [0.25, 0.3) is 0 Å². The number of nitro benzene ring substituents is 1. The van der Waals surface area contributed by atoms with Gasteiger partial charge in [0.05, 0.1) is 4.92 Å². The van der Waals surface area contributed by atoms with E-state index < -0.39 is 46.2 Å². The molecule has 1 aromatic rings. The number of hydrogen-bond acceptors (Lipinski definition) is 9. The first kappa shape index (κ1) is 27.8. The second-order valence-electron chi connectivity index (χ2n) is 9.44. The van der Waals surface area contributed by atoms with Gasteiger partial charge in [0.1, 0.15) is 29.0 Å². The number of nitro groups is 1. The number of nitrogens with two attached hydrogens (primary N) is 1. The quantitative estimate of drug-likeness (QED) is 0.240. The van der Waals surface area contributed by atoms with Crippen molar-refractivity contribution in [1.29, 1.82) is 0 Å². The summed E-state index contributed by atoms with van der Waals surface area (Å²) >= 11 is 0. The monoisotopic (exact) mass is 467 g/mol. The fraction of sp³-hybridized carbons (Fsp3) is 0.591. The van der Waals surface area contributed by atoms with E-state index in [4.69, 9.17) is 19.9 Å². The Morgan fingerprint density at radius 3 is 2.00 bits per heavy atom. The second-order valence-corrected chi connectivity index (χ2v) is 9.44. The van der Waals surface area contributed by atoms with E-state index in [0.717, 1.165) is 0 Å². The normalized spacial score (nSPS) is 13.4. The Balaban J connectivity index is 2.81. The number of benzene rings is 1. The molecule has 0 fully saturated rings. The van der Waals surface area contributed by atoms with Crippen LogP contribution in [0.4, 0.5) is 10.5 Å². The lowest BCUT2D eigenvalue weighted by molar-refractivity contribution is -0.384. The zero-order valence-electron chi connectivity index (χ0n) is 19.9. The van der Waals surface area contributed by atoms with Crippen molar-refractivity contribution in [1.82, 2.24) is 5.32 Å². The Morgan fingerprint density at radius 2 is 1.52 bits per heavy atom. The molecule has 2 atom stereocenters. The number of hydrogen-bond donors (Lipinski definition) is 2. The summed E-state index contributed by atoms with van der Waals surface area (Å²) in [6.45, 7) is 10.2. The molecule has 0 bridgehead atoms. The molecule has 0 radical (unpaired) electrons. The number of rotatable bonds is 9. The van der Waals surface area contributed by atoms with E-state index in [1.165, 1.54) is 24.3 Å². The summed E-state index contributed by atoms with van der Waals surface area (Å²) in [7, 11) is 0. The van der Waals surface area contributed by atoms with Crippen LogP contribution < -0.4 is 15.8 Å². The van der Waals surface area contributed by atoms with Crippen molar-refractivity contribution in [3.8, 4) is 5.75 Å². The topological polar surface area (TPSA) is 160 Å². The van der Waals surface area contributed by atoms with Gasteiger partial charge in [-0.15, -0.1) is 0 Å². The molecule has 0 aliphatic heterocycles. The number of alkyl carbamates (subject to hydrolysis) is 1. The molecule has 1 aromatic carbocycles. The molecule has 3 N–H and O–H groups in total. The van der Waals surface area contributed by atoms with E-state index in [0.29, 0.717) is 6.42 Å². The van der Waals surface area contributed by atoms with Gasteiger partial charge in [0, 0.05) is 12.1 Å². The minimum atomic E-state index is -1.10. The first-order valence-electron chi connectivity index (χ1n) is 10.5. The maximum absolute atomic E-state index is 12.7. The summed E-state index contributed by atoms with van der Waals surface area (Å²) in [4.78, 5) is 47.1. The maximum Gasteiger partial charge on any atom is 0.408 e. The van der Waals surface area contributed by atoms with E-state index >= 15 is 0 Å². The lowest BCUT2D eigenvalue weighted by Gasteiger charge is -2.24. The molecule has 0 unspecified atom stereocenters. The van der Waals surface area contributed by atoms with Gasteiger partial charge in [0.25, 0.3) is 5.69 Å². The van der Waals surface area contributed by atoms with Gasteiger partial charge in [-0.3, -0.25) is 14.9 Å². The van der Waals surface area contributed by atoms with E-state index in [9.17, 15) is 24.5 Å². The average molecular weight is 468 g/mol. The van der Waals surface area contributed by atoms with Crippen molar-refractivity contribution in [2.24, 2.45) is 5.73 Å². The molecule has 0 aliphatic carbocycles. The van der Waals surface area contributed by atoms with E-state index in [1.54, 1.807) is 41.5 Å². The second kappa shape index (κ2) is 11.6. The SMILES string of the molecule is CC(C)(C)OC(=O)N[C@@H](CCC[C@@H](N)C(=O)OC(C)(C)C)C(=O)Oc1ccc([N+](=O)[O-])cc1. The standard InChI is InChI=1S/C22H33N3O8/c1-21(2,3)32-18(26)16(23)8-7-9-17(24-20(28)33-22(4,5)6)19(27)31-15-12-10-14(11-13-15)25(29)30/h10-13,16-17H,7-9,23H2,1-6H3,(H,24,28)/t16-,17+/m1/s1. The molecule has 0 aromatic heterocycles. The summed E-state index contributed by atoms with van der Waals surface area (Å²) in [5.41, 5.74) is 4.26. The van der Waals surface area contributed by atoms with Crippen LogP contribution in [0.3, 0.4) is 0 Å². The molecule has 0 saturated heterocycles. The zero-order valence-corrected chi connectivity index (χ0v) is 19.9. The number of esters is 2. The van der Waals surface area contributed by atoms with Gasteiger partial charge < -0.3 is 25.3 Å². The Morgan fingerprint density at radius 1 is 0.970 bits per heavy atom. The van der Waals surface area contributed by atoms with Crippen LogP contribution in [0, 0.1) is 10.1 Å². The third-order valence-corrected chi connectivity index (χ3v) is 3.96. The predicted octanol–water partition coefficient (Wildman–Crippen LogP) is 3.23. The molecule has 1 amide bonds. The van der Waals surface area contributed by atoms with Crippen molar-refractivity contribution in [3.05, 3.63) is 34.4 Å². The molecule has 11 heteroatoms. The van der Waals surface area contributed by atoms with E-state index in [1.807, 2.05) is 0 Å². The summed E-state index contributed by atoms with van der Waals surface area (Å²) in [5, 5.41) is 13.2. The van der Waals surface area contributed by atoms with Gasteiger partial charge >= 0.3 is 18.0 Å². The fourth-order valence-electron chi connectivity index (χ4n) is 2.56. The Labute approximate surface area is 193 Å². The summed E-state index contributed by atoms with van der Waals surface area (Å²) in [6, 6.07) is 2.95. The van der Waals surface area contributed by atoms with Gasteiger partial charge in [0.15, 0.2) is 0 Å². The van der Waals surface area contributed by atoms with E-state index in [-0.39, 0.29) is 24.3 Å². The van der Waals surface area contributed by atoms with Gasteiger partial charge in [-0.2, -0.15) is 0 Å². The van der Waals surface area contributed by atoms with Crippen molar-refractivity contribution >= 4 is 23.7 Å². The van der Waals surface area contributed by atoms with Gasteiger partial charge in [-0.25, -0.2) is 9.59 Å². The van der Waals surface area contributed by atoms with Gasteiger partial charge in [-0.05, 0) is 72.9 Å². The first-order chi connectivity index (χ1) is 15.1. The van der Waals surface area contributed by atoms with Crippen LogP contribution in [0.15, 0.2) is 24.3 Å². The summed E-state index contributed by atoms with van der Waals surface area (Å²) in [5.74, 6) is -1.28.